The molecule has 1 saturated heterocycles. The molecule has 1 aliphatic heterocycles. The fourth-order valence-corrected chi connectivity index (χ4v) is 4.71. The predicted octanol–water partition coefficient (Wildman–Crippen LogP) is 4.88. The van der Waals surface area contributed by atoms with Gasteiger partial charge in [-0.05, 0) is 55.0 Å². The summed E-state index contributed by atoms with van der Waals surface area (Å²) < 4.78 is 5.54. The van der Waals surface area contributed by atoms with Crippen LogP contribution in [0.5, 0.6) is 0 Å². The second kappa shape index (κ2) is 10.0. The second-order valence-electron chi connectivity index (χ2n) is 6.53. The van der Waals surface area contributed by atoms with E-state index in [0.29, 0.717) is 6.54 Å². The van der Waals surface area contributed by atoms with Gasteiger partial charge in [-0.2, -0.15) is 0 Å². The van der Waals surface area contributed by atoms with E-state index in [0.717, 1.165) is 31.6 Å². The van der Waals surface area contributed by atoms with Crippen molar-refractivity contribution >= 4 is 35.5 Å². The number of carbonyl (C=O) groups is 1. The summed E-state index contributed by atoms with van der Waals surface area (Å²) in [7, 11) is 0. The van der Waals surface area contributed by atoms with Crippen LogP contribution in [0.4, 0.5) is 0 Å². The molecule has 0 atom stereocenters. The normalized spacial score (nSPS) is 16.3. The number of amides is 1. The molecule has 5 heteroatoms. The zero-order chi connectivity index (χ0) is 19.0. The van der Waals surface area contributed by atoms with Crippen molar-refractivity contribution in [1.29, 1.82) is 0 Å². The summed E-state index contributed by atoms with van der Waals surface area (Å²) in [6.07, 6.45) is 7.41. The minimum atomic E-state index is -0.0523. The standard InChI is InChI=1S/C22H25NO2S2/c1-26-19-10-7-18(8-11-19)9-12-21(24)23-17-22(13-15-25-16-14-22)27-20-5-3-2-4-6-20/h2-12H,13-17H2,1H3,(H,23,24)/b12-9+. The van der Waals surface area contributed by atoms with Gasteiger partial charge in [-0.3, -0.25) is 4.79 Å². The molecule has 3 rings (SSSR count). The van der Waals surface area contributed by atoms with E-state index in [1.807, 2.05) is 36.0 Å². The van der Waals surface area contributed by atoms with Crippen molar-refractivity contribution < 1.29 is 9.53 Å². The summed E-state index contributed by atoms with van der Waals surface area (Å²) in [6.45, 7) is 2.13. The molecule has 3 nitrogen and oxygen atoms in total. The Morgan fingerprint density at radius 3 is 2.44 bits per heavy atom. The average Bonchev–Trinajstić information content (AvgIpc) is 2.72. The third-order valence-corrected chi connectivity index (χ3v) is 6.85. The number of thioether (sulfide) groups is 2. The third kappa shape index (κ3) is 6.16. The molecule has 0 aromatic heterocycles. The van der Waals surface area contributed by atoms with E-state index in [4.69, 9.17) is 4.74 Å². The van der Waals surface area contributed by atoms with Crippen molar-refractivity contribution in [3.63, 3.8) is 0 Å². The van der Waals surface area contributed by atoms with Crippen LogP contribution in [0.2, 0.25) is 0 Å². The molecule has 27 heavy (non-hydrogen) atoms. The summed E-state index contributed by atoms with van der Waals surface area (Å²) in [4.78, 5) is 14.8. The van der Waals surface area contributed by atoms with Crippen molar-refractivity contribution in [2.45, 2.75) is 27.4 Å². The third-order valence-electron chi connectivity index (χ3n) is 4.61. The summed E-state index contributed by atoms with van der Waals surface area (Å²) in [5.41, 5.74) is 1.03. The average molecular weight is 400 g/mol. The van der Waals surface area contributed by atoms with Crippen LogP contribution in [0.1, 0.15) is 18.4 Å². The lowest BCUT2D eigenvalue weighted by Gasteiger charge is -2.36. The molecule has 2 aromatic rings. The number of ether oxygens (including phenoxy) is 1. The lowest BCUT2D eigenvalue weighted by atomic mass is 9.99. The quantitative estimate of drug-likeness (QED) is 0.532. The highest BCUT2D eigenvalue weighted by atomic mass is 32.2. The first-order chi connectivity index (χ1) is 13.2. The van der Waals surface area contributed by atoms with Crippen molar-refractivity contribution in [3.05, 3.63) is 66.2 Å². The maximum absolute atomic E-state index is 12.3. The van der Waals surface area contributed by atoms with Gasteiger partial charge in [0.25, 0.3) is 0 Å². The SMILES string of the molecule is CSc1ccc(/C=C/C(=O)NCC2(Sc3ccccc3)CCOCC2)cc1. The highest BCUT2D eigenvalue weighted by molar-refractivity contribution is 8.00. The highest BCUT2D eigenvalue weighted by Crippen LogP contribution is 2.40. The minimum Gasteiger partial charge on any atom is -0.381 e. The zero-order valence-corrected chi connectivity index (χ0v) is 17.2. The molecular formula is C22H25NO2S2. The molecular weight excluding hydrogens is 374 g/mol. The number of carbonyl (C=O) groups excluding carboxylic acids is 1. The molecule has 0 radical (unpaired) electrons. The molecule has 0 saturated carbocycles. The number of nitrogens with one attached hydrogen (secondary N) is 1. The Kier molecular flexibility index (Phi) is 7.44. The van der Waals surface area contributed by atoms with E-state index in [-0.39, 0.29) is 10.7 Å². The summed E-state index contributed by atoms with van der Waals surface area (Å²) >= 11 is 3.56. The summed E-state index contributed by atoms with van der Waals surface area (Å²) in [6, 6.07) is 18.6. The fourth-order valence-electron chi connectivity index (χ4n) is 2.99. The topological polar surface area (TPSA) is 38.3 Å². The first-order valence-corrected chi connectivity index (χ1v) is 11.2. The lowest BCUT2D eigenvalue weighted by molar-refractivity contribution is -0.116. The Bertz CT molecular complexity index is 754. The minimum absolute atomic E-state index is 0.0108. The van der Waals surface area contributed by atoms with Crippen molar-refractivity contribution in [1.82, 2.24) is 5.32 Å². The molecule has 0 unspecified atom stereocenters. The number of hydrogen-bond acceptors (Lipinski definition) is 4. The first-order valence-electron chi connectivity index (χ1n) is 9.11. The van der Waals surface area contributed by atoms with Gasteiger partial charge >= 0.3 is 0 Å². The molecule has 1 aliphatic rings. The van der Waals surface area contributed by atoms with Crippen molar-refractivity contribution in [2.75, 3.05) is 26.0 Å². The van der Waals surface area contributed by atoms with Gasteiger partial charge in [0.2, 0.25) is 5.91 Å². The molecule has 1 amide bonds. The molecule has 2 aromatic carbocycles. The molecule has 1 fully saturated rings. The van der Waals surface area contributed by atoms with E-state index >= 15 is 0 Å². The summed E-state index contributed by atoms with van der Waals surface area (Å²) in [5, 5.41) is 3.10. The van der Waals surface area contributed by atoms with Crippen molar-refractivity contribution in [3.8, 4) is 0 Å². The van der Waals surface area contributed by atoms with Gasteiger partial charge in [0.05, 0.1) is 0 Å². The highest BCUT2D eigenvalue weighted by Gasteiger charge is 2.34. The van der Waals surface area contributed by atoms with E-state index in [1.54, 1.807) is 17.8 Å². The lowest BCUT2D eigenvalue weighted by Crippen LogP contribution is -2.44. The van der Waals surface area contributed by atoms with Crippen LogP contribution in [0.3, 0.4) is 0 Å². The Morgan fingerprint density at radius 2 is 1.78 bits per heavy atom. The van der Waals surface area contributed by atoms with Crippen LogP contribution in [0.15, 0.2) is 70.5 Å². The predicted molar refractivity (Wildman–Crippen MR) is 115 cm³/mol. The van der Waals surface area contributed by atoms with Gasteiger partial charge in [-0.25, -0.2) is 0 Å². The van der Waals surface area contributed by atoms with Crippen LogP contribution in [0.25, 0.3) is 6.08 Å². The fraction of sp³-hybridized carbons (Fsp3) is 0.318. The van der Waals surface area contributed by atoms with E-state index in [1.165, 1.54) is 9.79 Å². The van der Waals surface area contributed by atoms with Crippen LogP contribution < -0.4 is 5.32 Å². The van der Waals surface area contributed by atoms with E-state index in [9.17, 15) is 4.79 Å². The zero-order valence-electron chi connectivity index (χ0n) is 15.5. The smallest absolute Gasteiger partial charge is 0.244 e. The molecule has 0 bridgehead atoms. The van der Waals surface area contributed by atoms with Crippen molar-refractivity contribution in [2.24, 2.45) is 0 Å². The Balaban J connectivity index is 1.59. The summed E-state index contributed by atoms with van der Waals surface area (Å²) in [5.74, 6) is -0.0523. The molecule has 142 valence electrons. The first kappa shape index (κ1) is 20.1. The molecule has 0 aliphatic carbocycles. The Hall–Kier alpha value is -1.69. The monoisotopic (exact) mass is 399 g/mol. The number of benzene rings is 2. The van der Waals surface area contributed by atoms with Crippen LogP contribution in [0, 0.1) is 0 Å². The molecule has 1 N–H and O–H groups in total. The van der Waals surface area contributed by atoms with Crippen LogP contribution in [-0.2, 0) is 9.53 Å². The van der Waals surface area contributed by atoms with Crippen LogP contribution >= 0.6 is 23.5 Å². The maximum atomic E-state index is 12.3. The van der Waals surface area contributed by atoms with E-state index in [2.05, 4.69) is 48.0 Å². The van der Waals surface area contributed by atoms with Gasteiger partial charge in [0.1, 0.15) is 0 Å². The second-order valence-corrected chi connectivity index (χ2v) is 8.96. The Labute approximate surface area is 170 Å². The molecule has 0 spiro atoms. The largest absolute Gasteiger partial charge is 0.381 e. The van der Waals surface area contributed by atoms with Gasteiger partial charge in [-0.1, -0.05) is 30.3 Å². The number of rotatable bonds is 7. The van der Waals surface area contributed by atoms with Gasteiger partial charge in [0, 0.05) is 40.4 Å². The molecule has 1 heterocycles. The van der Waals surface area contributed by atoms with Gasteiger partial charge in [0.15, 0.2) is 0 Å². The van der Waals surface area contributed by atoms with Gasteiger partial charge in [-0.15, -0.1) is 23.5 Å². The maximum Gasteiger partial charge on any atom is 0.244 e. The Morgan fingerprint density at radius 1 is 1.07 bits per heavy atom. The van der Waals surface area contributed by atoms with E-state index < -0.39 is 0 Å². The number of hydrogen-bond donors (Lipinski definition) is 1. The van der Waals surface area contributed by atoms with Crippen LogP contribution in [-0.4, -0.2) is 36.7 Å². The van der Waals surface area contributed by atoms with Gasteiger partial charge < -0.3 is 10.1 Å².